The standard InChI is InChI=1S/C11H12ClNO5/c1-16-9-7(5-4-6-8(9)12)10(17-2)11(18-3)13(14)15/h4-6H,1-3H3. The second-order valence-electron chi connectivity index (χ2n) is 3.12. The molecule has 1 aromatic rings. The van der Waals surface area contributed by atoms with Crippen LogP contribution in [-0.2, 0) is 9.47 Å². The van der Waals surface area contributed by atoms with Crippen LogP contribution in [0.25, 0.3) is 5.76 Å². The van der Waals surface area contributed by atoms with Crippen LogP contribution in [0.4, 0.5) is 0 Å². The molecule has 0 spiro atoms. The molecule has 0 atom stereocenters. The zero-order valence-electron chi connectivity index (χ0n) is 10.1. The molecule has 0 bridgehead atoms. The highest BCUT2D eigenvalue weighted by molar-refractivity contribution is 6.32. The molecule has 0 fully saturated rings. The molecule has 0 aromatic heterocycles. The fraction of sp³-hybridized carbons (Fsp3) is 0.273. The van der Waals surface area contributed by atoms with Crippen molar-refractivity contribution in [1.29, 1.82) is 0 Å². The average molecular weight is 274 g/mol. The lowest BCUT2D eigenvalue weighted by atomic mass is 10.1. The van der Waals surface area contributed by atoms with Gasteiger partial charge in [-0.2, -0.15) is 0 Å². The number of rotatable bonds is 5. The topological polar surface area (TPSA) is 70.8 Å². The van der Waals surface area contributed by atoms with Crippen LogP contribution in [0, 0.1) is 10.1 Å². The summed E-state index contributed by atoms with van der Waals surface area (Å²) in [7, 11) is 3.91. The van der Waals surface area contributed by atoms with Crippen molar-refractivity contribution in [2.24, 2.45) is 0 Å². The third kappa shape index (κ3) is 2.65. The molecule has 7 heteroatoms. The first kappa shape index (κ1) is 14.1. The summed E-state index contributed by atoms with van der Waals surface area (Å²) in [5, 5.41) is 11.2. The Morgan fingerprint density at radius 3 is 2.39 bits per heavy atom. The monoisotopic (exact) mass is 273 g/mol. The van der Waals surface area contributed by atoms with E-state index in [1.54, 1.807) is 18.2 Å². The van der Waals surface area contributed by atoms with Crippen molar-refractivity contribution in [1.82, 2.24) is 0 Å². The summed E-state index contributed by atoms with van der Waals surface area (Å²) in [6.45, 7) is 0. The molecule has 0 saturated carbocycles. The van der Waals surface area contributed by atoms with Crippen molar-refractivity contribution in [2.45, 2.75) is 0 Å². The second kappa shape index (κ2) is 6.11. The largest absolute Gasteiger partial charge is 0.494 e. The Morgan fingerprint density at radius 1 is 1.28 bits per heavy atom. The van der Waals surface area contributed by atoms with Gasteiger partial charge in [0.15, 0.2) is 0 Å². The predicted octanol–water partition coefficient (Wildman–Crippen LogP) is 2.54. The van der Waals surface area contributed by atoms with Gasteiger partial charge in [0.1, 0.15) is 10.7 Å². The van der Waals surface area contributed by atoms with Crippen molar-refractivity contribution in [3.05, 3.63) is 44.8 Å². The van der Waals surface area contributed by atoms with Gasteiger partial charge in [-0.25, -0.2) is 0 Å². The highest BCUT2D eigenvalue weighted by Gasteiger charge is 2.25. The van der Waals surface area contributed by atoms with Gasteiger partial charge in [-0.15, -0.1) is 0 Å². The average Bonchev–Trinajstić information content (AvgIpc) is 2.35. The predicted molar refractivity (Wildman–Crippen MR) is 65.9 cm³/mol. The summed E-state index contributed by atoms with van der Waals surface area (Å²) in [6, 6.07) is 4.83. The number of benzene rings is 1. The quantitative estimate of drug-likeness (QED) is 0.468. The molecular formula is C11H12ClNO5. The summed E-state index contributed by atoms with van der Waals surface area (Å²) in [4.78, 5) is 10.2. The Balaban J connectivity index is 3.51. The first-order valence-corrected chi connectivity index (χ1v) is 5.24. The van der Waals surface area contributed by atoms with Crippen LogP contribution < -0.4 is 4.74 Å². The van der Waals surface area contributed by atoms with Crippen molar-refractivity contribution < 1.29 is 19.1 Å². The highest BCUT2D eigenvalue weighted by atomic mass is 35.5. The number of halogens is 1. The Hall–Kier alpha value is -1.95. The number of hydrogen-bond acceptors (Lipinski definition) is 5. The van der Waals surface area contributed by atoms with E-state index in [0.717, 1.165) is 0 Å². The van der Waals surface area contributed by atoms with E-state index >= 15 is 0 Å². The molecule has 18 heavy (non-hydrogen) atoms. The van der Waals surface area contributed by atoms with Gasteiger partial charge < -0.3 is 14.2 Å². The zero-order chi connectivity index (χ0) is 13.7. The van der Waals surface area contributed by atoms with E-state index in [-0.39, 0.29) is 11.5 Å². The lowest BCUT2D eigenvalue weighted by Crippen LogP contribution is -2.07. The van der Waals surface area contributed by atoms with Crippen molar-refractivity contribution in [3.8, 4) is 5.75 Å². The number of ether oxygens (including phenoxy) is 3. The molecule has 0 saturated heterocycles. The Bertz CT molecular complexity index is 486. The fourth-order valence-corrected chi connectivity index (χ4v) is 1.71. The molecule has 0 aliphatic carbocycles. The first-order valence-electron chi connectivity index (χ1n) is 4.86. The van der Waals surface area contributed by atoms with Gasteiger partial charge in [-0.1, -0.05) is 17.7 Å². The van der Waals surface area contributed by atoms with Crippen LogP contribution in [0.2, 0.25) is 5.02 Å². The van der Waals surface area contributed by atoms with Gasteiger partial charge in [0, 0.05) is 0 Å². The normalized spacial score (nSPS) is 11.6. The molecule has 1 rings (SSSR count). The third-order valence-corrected chi connectivity index (χ3v) is 2.47. The summed E-state index contributed by atoms with van der Waals surface area (Å²) in [6.07, 6.45) is 0. The van der Waals surface area contributed by atoms with Gasteiger partial charge in [-0.3, -0.25) is 10.1 Å². The molecule has 0 unspecified atom stereocenters. The molecule has 6 nitrogen and oxygen atoms in total. The van der Waals surface area contributed by atoms with Crippen LogP contribution in [0.3, 0.4) is 0 Å². The number of hydrogen-bond donors (Lipinski definition) is 0. The molecule has 0 N–H and O–H groups in total. The summed E-state index contributed by atoms with van der Waals surface area (Å²) >= 11 is 5.94. The van der Waals surface area contributed by atoms with Crippen LogP contribution in [0.15, 0.2) is 24.1 Å². The van der Waals surface area contributed by atoms with E-state index < -0.39 is 10.8 Å². The third-order valence-electron chi connectivity index (χ3n) is 2.17. The number of para-hydroxylation sites is 1. The maximum atomic E-state index is 10.9. The van der Waals surface area contributed by atoms with Gasteiger partial charge >= 0.3 is 5.88 Å². The van der Waals surface area contributed by atoms with E-state index in [1.807, 2.05) is 0 Å². The Kier molecular flexibility index (Phi) is 4.79. The molecule has 0 aliphatic heterocycles. The van der Waals surface area contributed by atoms with Gasteiger partial charge in [0.05, 0.1) is 31.9 Å². The fourth-order valence-electron chi connectivity index (χ4n) is 1.46. The van der Waals surface area contributed by atoms with Gasteiger partial charge in [-0.05, 0) is 12.1 Å². The number of methoxy groups -OCH3 is 3. The van der Waals surface area contributed by atoms with Crippen molar-refractivity contribution in [2.75, 3.05) is 21.3 Å². The van der Waals surface area contributed by atoms with Gasteiger partial charge in [0.25, 0.3) is 0 Å². The number of nitrogens with zero attached hydrogens (tertiary/aromatic N) is 1. The van der Waals surface area contributed by atoms with Crippen LogP contribution in [0.1, 0.15) is 5.56 Å². The Morgan fingerprint density at radius 2 is 1.94 bits per heavy atom. The summed E-state index contributed by atoms with van der Waals surface area (Å²) < 4.78 is 14.8. The maximum Gasteiger partial charge on any atom is 0.471 e. The smallest absolute Gasteiger partial charge is 0.471 e. The minimum Gasteiger partial charge on any atom is -0.494 e. The van der Waals surface area contributed by atoms with E-state index in [9.17, 15) is 10.1 Å². The van der Waals surface area contributed by atoms with E-state index in [1.165, 1.54) is 21.3 Å². The van der Waals surface area contributed by atoms with E-state index in [4.69, 9.17) is 25.8 Å². The highest BCUT2D eigenvalue weighted by Crippen LogP contribution is 2.34. The first-order chi connectivity index (χ1) is 8.56. The number of nitro groups is 1. The lowest BCUT2D eigenvalue weighted by molar-refractivity contribution is -0.461. The van der Waals surface area contributed by atoms with Crippen LogP contribution in [-0.4, -0.2) is 26.3 Å². The molecule has 0 heterocycles. The van der Waals surface area contributed by atoms with E-state index in [2.05, 4.69) is 0 Å². The maximum absolute atomic E-state index is 10.9. The summed E-state index contributed by atoms with van der Waals surface area (Å²) in [5.74, 6) is -0.285. The second-order valence-corrected chi connectivity index (χ2v) is 3.53. The van der Waals surface area contributed by atoms with Crippen molar-refractivity contribution in [3.63, 3.8) is 0 Å². The lowest BCUT2D eigenvalue weighted by Gasteiger charge is -2.11. The van der Waals surface area contributed by atoms with Crippen LogP contribution in [0.5, 0.6) is 5.75 Å². The van der Waals surface area contributed by atoms with Gasteiger partial charge in [0.2, 0.25) is 5.76 Å². The molecule has 0 aliphatic rings. The molecule has 1 aromatic carbocycles. The minimum atomic E-state index is -0.681. The van der Waals surface area contributed by atoms with E-state index in [0.29, 0.717) is 10.6 Å². The minimum absolute atomic E-state index is 0.0538. The summed E-state index contributed by atoms with van der Waals surface area (Å²) in [5.41, 5.74) is 0.348. The van der Waals surface area contributed by atoms with Crippen LogP contribution >= 0.6 is 11.6 Å². The Labute approximate surface area is 109 Å². The zero-order valence-corrected chi connectivity index (χ0v) is 10.9. The molecule has 0 amide bonds. The molecule has 98 valence electrons. The van der Waals surface area contributed by atoms with Crippen molar-refractivity contribution >= 4 is 17.4 Å². The molecule has 0 radical (unpaired) electrons. The molecular weight excluding hydrogens is 262 g/mol. The SMILES string of the molecule is COC(=C(OC)[N+](=O)[O-])c1cccc(Cl)c1OC.